The van der Waals surface area contributed by atoms with Crippen LogP contribution >= 0.6 is 0 Å². The van der Waals surface area contributed by atoms with Crippen molar-refractivity contribution in [2.24, 2.45) is 5.41 Å². The zero-order valence-electron chi connectivity index (χ0n) is 12.6. The summed E-state index contributed by atoms with van der Waals surface area (Å²) < 4.78 is 2.08. The quantitative estimate of drug-likeness (QED) is 0.784. The van der Waals surface area contributed by atoms with Gasteiger partial charge in [-0.15, -0.1) is 5.10 Å². The molecule has 3 nitrogen and oxygen atoms in total. The first-order valence-corrected chi connectivity index (χ1v) is 6.47. The SMILES string of the molecule is CC(C)n1nnc(C(C)(C)C)c1CC(C)(C)C. The van der Waals surface area contributed by atoms with Gasteiger partial charge in [0.2, 0.25) is 0 Å². The molecular formula is C14H27N3. The molecule has 3 heteroatoms. The number of hydrogen-bond acceptors (Lipinski definition) is 2. The summed E-state index contributed by atoms with van der Waals surface area (Å²) in [5.41, 5.74) is 2.75. The van der Waals surface area contributed by atoms with Gasteiger partial charge in [-0.1, -0.05) is 46.8 Å². The smallest absolute Gasteiger partial charge is 0.0912 e. The van der Waals surface area contributed by atoms with Gasteiger partial charge in [0.05, 0.1) is 11.4 Å². The van der Waals surface area contributed by atoms with Gasteiger partial charge in [0, 0.05) is 11.5 Å². The summed E-state index contributed by atoms with van der Waals surface area (Å²) in [5.74, 6) is 0. The highest BCUT2D eigenvalue weighted by atomic mass is 15.4. The first-order chi connectivity index (χ1) is 7.52. The van der Waals surface area contributed by atoms with E-state index in [1.165, 1.54) is 5.69 Å². The monoisotopic (exact) mass is 237 g/mol. The van der Waals surface area contributed by atoms with Gasteiger partial charge < -0.3 is 0 Å². The number of rotatable bonds is 2. The summed E-state index contributed by atoms with van der Waals surface area (Å²) in [4.78, 5) is 0. The second-order valence-corrected chi connectivity index (χ2v) is 7.41. The molecule has 0 aliphatic heterocycles. The third-order valence-corrected chi connectivity index (χ3v) is 2.69. The molecule has 0 atom stereocenters. The zero-order chi connectivity index (χ0) is 13.4. The van der Waals surface area contributed by atoms with Crippen LogP contribution < -0.4 is 0 Å². The predicted molar refractivity (Wildman–Crippen MR) is 72.3 cm³/mol. The summed E-state index contributed by atoms with van der Waals surface area (Å²) >= 11 is 0. The molecule has 0 aromatic carbocycles. The van der Waals surface area contributed by atoms with E-state index in [1.807, 2.05) is 0 Å². The van der Waals surface area contributed by atoms with Crippen molar-refractivity contribution in [1.82, 2.24) is 15.0 Å². The van der Waals surface area contributed by atoms with E-state index in [0.717, 1.165) is 12.1 Å². The van der Waals surface area contributed by atoms with Crippen LogP contribution in [0.25, 0.3) is 0 Å². The molecule has 1 heterocycles. The Balaban J connectivity index is 3.25. The Kier molecular flexibility index (Phi) is 3.70. The maximum absolute atomic E-state index is 4.41. The van der Waals surface area contributed by atoms with Crippen molar-refractivity contribution in [2.75, 3.05) is 0 Å². The maximum Gasteiger partial charge on any atom is 0.0912 e. The Morgan fingerprint density at radius 1 is 1.06 bits per heavy atom. The van der Waals surface area contributed by atoms with Crippen molar-refractivity contribution in [3.05, 3.63) is 11.4 Å². The molecule has 0 N–H and O–H groups in total. The minimum atomic E-state index is 0.0632. The average molecular weight is 237 g/mol. The van der Waals surface area contributed by atoms with Crippen LogP contribution in [0.1, 0.15) is 72.8 Å². The van der Waals surface area contributed by atoms with E-state index < -0.39 is 0 Å². The van der Waals surface area contributed by atoms with Crippen molar-refractivity contribution in [3.63, 3.8) is 0 Å². The van der Waals surface area contributed by atoms with Crippen LogP contribution in [0.2, 0.25) is 0 Å². The van der Waals surface area contributed by atoms with Gasteiger partial charge in [-0.3, -0.25) is 0 Å². The molecule has 0 aliphatic carbocycles. The summed E-state index contributed by atoms with van der Waals surface area (Å²) in [6, 6.07) is 0.371. The first kappa shape index (κ1) is 14.2. The largest absolute Gasteiger partial charge is 0.247 e. The summed E-state index contributed by atoms with van der Waals surface area (Å²) in [7, 11) is 0. The second kappa shape index (κ2) is 4.43. The van der Waals surface area contributed by atoms with Crippen molar-refractivity contribution in [1.29, 1.82) is 0 Å². The molecule has 0 saturated heterocycles. The topological polar surface area (TPSA) is 30.7 Å². The van der Waals surface area contributed by atoms with E-state index in [2.05, 4.69) is 70.4 Å². The van der Waals surface area contributed by atoms with Gasteiger partial charge in [-0.05, 0) is 25.7 Å². The minimum absolute atomic E-state index is 0.0632. The standard InChI is InChI=1S/C14H27N3/c1-10(2)17-11(9-13(3,4)5)12(15-16-17)14(6,7)8/h10H,9H2,1-8H3. The molecule has 0 aliphatic rings. The second-order valence-electron chi connectivity index (χ2n) is 7.41. The fourth-order valence-corrected chi connectivity index (χ4v) is 1.98. The minimum Gasteiger partial charge on any atom is -0.247 e. The molecule has 0 amide bonds. The van der Waals surface area contributed by atoms with Gasteiger partial charge in [-0.2, -0.15) is 0 Å². The molecule has 0 spiro atoms. The Hall–Kier alpha value is -0.860. The van der Waals surface area contributed by atoms with Crippen LogP contribution in [0.3, 0.4) is 0 Å². The molecule has 1 rings (SSSR count). The Labute approximate surface area is 106 Å². The molecule has 1 aromatic rings. The third-order valence-electron chi connectivity index (χ3n) is 2.69. The van der Waals surface area contributed by atoms with Gasteiger partial charge in [0.1, 0.15) is 0 Å². The summed E-state index contributed by atoms with van der Waals surface area (Å²) in [6.45, 7) is 17.7. The lowest BCUT2D eigenvalue weighted by Crippen LogP contribution is -2.21. The highest BCUT2D eigenvalue weighted by Crippen LogP contribution is 2.30. The van der Waals surface area contributed by atoms with Crippen LogP contribution in [-0.2, 0) is 11.8 Å². The van der Waals surface area contributed by atoms with Crippen LogP contribution in [0.4, 0.5) is 0 Å². The number of hydrogen-bond donors (Lipinski definition) is 0. The molecule has 0 fully saturated rings. The van der Waals surface area contributed by atoms with Crippen LogP contribution in [-0.4, -0.2) is 15.0 Å². The molecule has 0 radical (unpaired) electrons. The van der Waals surface area contributed by atoms with E-state index >= 15 is 0 Å². The van der Waals surface area contributed by atoms with Gasteiger partial charge >= 0.3 is 0 Å². The van der Waals surface area contributed by atoms with E-state index in [-0.39, 0.29) is 10.8 Å². The lowest BCUT2D eigenvalue weighted by atomic mass is 9.84. The Morgan fingerprint density at radius 3 is 1.94 bits per heavy atom. The van der Waals surface area contributed by atoms with Crippen LogP contribution in [0.15, 0.2) is 0 Å². The van der Waals surface area contributed by atoms with Crippen molar-refractivity contribution < 1.29 is 0 Å². The summed E-state index contributed by atoms with van der Waals surface area (Å²) in [6.07, 6.45) is 1.02. The third kappa shape index (κ3) is 3.55. The normalized spacial score (nSPS) is 13.5. The Morgan fingerprint density at radius 2 is 1.59 bits per heavy atom. The summed E-state index contributed by atoms with van der Waals surface area (Å²) in [5, 5.41) is 8.74. The fourth-order valence-electron chi connectivity index (χ4n) is 1.98. The first-order valence-electron chi connectivity index (χ1n) is 6.47. The maximum atomic E-state index is 4.41. The van der Waals surface area contributed by atoms with Crippen molar-refractivity contribution in [3.8, 4) is 0 Å². The van der Waals surface area contributed by atoms with Crippen LogP contribution in [0.5, 0.6) is 0 Å². The number of aromatic nitrogens is 3. The lowest BCUT2D eigenvalue weighted by molar-refractivity contribution is 0.378. The van der Waals surface area contributed by atoms with Gasteiger partial charge in [0.25, 0.3) is 0 Å². The van der Waals surface area contributed by atoms with Gasteiger partial charge in [0.15, 0.2) is 0 Å². The van der Waals surface area contributed by atoms with Crippen LogP contribution in [0, 0.1) is 5.41 Å². The molecule has 98 valence electrons. The Bertz CT molecular complexity index is 375. The highest BCUT2D eigenvalue weighted by molar-refractivity contribution is 5.20. The lowest BCUT2D eigenvalue weighted by Gasteiger charge is -2.24. The molecule has 0 saturated carbocycles. The van der Waals surface area contributed by atoms with E-state index in [1.54, 1.807) is 0 Å². The molecule has 0 unspecified atom stereocenters. The molecular weight excluding hydrogens is 210 g/mol. The van der Waals surface area contributed by atoms with E-state index in [0.29, 0.717) is 6.04 Å². The van der Waals surface area contributed by atoms with Gasteiger partial charge in [-0.25, -0.2) is 4.68 Å². The molecule has 17 heavy (non-hydrogen) atoms. The van der Waals surface area contributed by atoms with E-state index in [9.17, 15) is 0 Å². The fraction of sp³-hybridized carbons (Fsp3) is 0.857. The average Bonchev–Trinajstić information content (AvgIpc) is 2.43. The highest BCUT2D eigenvalue weighted by Gasteiger charge is 2.27. The van der Waals surface area contributed by atoms with E-state index in [4.69, 9.17) is 0 Å². The molecule has 0 bridgehead atoms. The van der Waals surface area contributed by atoms with Crippen molar-refractivity contribution >= 4 is 0 Å². The predicted octanol–water partition coefficient (Wildman–Crippen LogP) is 3.75. The zero-order valence-corrected chi connectivity index (χ0v) is 12.6. The van der Waals surface area contributed by atoms with Crippen molar-refractivity contribution in [2.45, 2.75) is 73.3 Å². The number of nitrogens with zero attached hydrogens (tertiary/aromatic N) is 3. The molecule has 1 aromatic heterocycles.